The molecule has 8 heteroatoms. The first-order valence-corrected chi connectivity index (χ1v) is 8.92. The van der Waals surface area contributed by atoms with Crippen LogP contribution in [0.4, 0.5) is 5.13 Å². The van der Waals surface area contributed by atoms with E-state index in [0.717, 1.165) is 49.1 Å². The Morgan fingerprint density at radius 2 is 2.30 bits per heavy atom. The summed E-state index contributed by atoms with van der Waals surface area (Å²) in [6.07, 6.45) is 4.90. The maximum absolute atomic E-state index is 5.10. The zero-order valence-corrected chi connectivity index (χ0v) is 14.8. The molecule has 0 N–H and O–H groups in total. The van der Waals surface area contributed by atoms with Gasteiger partial charge in [0.15, 0.2) is 0 Å². The minimum Gasteiger partial charge on any atom is -0.384 e. The second-order valence-corrected chi connectivity index (χ2v) is 6.94. The zero-order chi connectivity index (χ0) is 16.2. The lowest BCUT2D eigenvalue weighted by Crippen LogP contribution is -2.35. The Morgan fingerprint density at radius 3 is 3.09 bits per heavy atom. The lowest BCUT2D eigenvalue weighted by atomic mass is 9.97. The van der Waals surface area contributed by atoms with Gasteiger partial charge in [-0.2, -0.15) is 4.37 Å². The Balaban J connectivity index is 1.70. The van der Waals surface area contributed by atoms with Gasteiger partial charge in [-0.3, -0.25) is 0 Å². The summed E-state index contributed by atoms with van der Waals surface area (Å²) >= 11 is 1.48. The van der Waals surface area contributed by atoms with Crippen LogP contribution in [0.15, 0.2) is 6.33 Å². The van der Waals surface area contributed by atoms with Crippen molar-refractivity contribution in [2.45, 2.75) is 45.1 Å². The molecule has 1 aliphatic heterocycles. The van der Waals surface area contributed by atoms with Gasteiger partial charge in [0.2, 0.25) is 5.13 Å². The third-order valence-corrected chi connectivity index (χ3v) is 5.02. The smallest absolute Gasteiger partial charge is 0.205 e. The number of hydrogen-bond donors (Lipinski definition) is 0. The van der Waals surface area contributed by atoms with Gasteiger partial charge in [-0.15, -0.1) is 10.2 Å². The van der Waals surface area contributed by atoms with Crippen LogP contribution in [0.2, 0.25) is 0 Å². The molecule has 0 saturated carbocycles. The Labute approximate surface area is 140 Å². The Kier molecular flexibility index (Phi) is 5.22. The van der Waals surface area contributed by atoms with E-state index < -0.39 is 0 Å². The summed E-state index contributed by atoms with van der Waals surface area (Å²) in [5, 5.41) is 9.49. The summed E-state index contributed by atoms with van der Waals surface area (Å²) in [7, 11) is 1.70. The molecule has 1 fully saturated rings. The molecule has 2 aromatic heterocycles. The first kappa shape index (κ1) is 16.3. The van der Waals surface area contributed by atoms with Crippen molar-refractivity contribution in [3.63, 3.8) is 0 Å². The highest BCUT2D eigenvalue weighted by Crippen LogP contribution is 2.30. The number of hydrogen-bond acceptors (Lipinski definition) is 7. The molecule has 3 rings (SSSR count). The summed E-state index contributed by atoms with van der Waals surface area (Å²) in [6, 6.07) is 0.387. The van der Waals surface area contributed by atoms with Crippen molar-refractivity contribution < 1.29 is 4.74 Å². The van der Waals surface area contributed by atoms with Crippen molar-refractivity contribution in [2.75, 3.05) is 31.7 Å². The molecule has 1 aliphatic rings. The van der Waals surface area contributed by atoms with Gasteiger partial charge in [0.1, 0.15) is 18.0 Å². The van der Waals surface area contributed by atoms with Gasteiger partial charge in [0.25, 0.3) is 0 Å². The zero-order valence-electron chi connectivity index (χ0n) is 14.0. The fourth-order valence-electron chi connectivity index (χ4n) is 2.97. The quantitative estimate of drug-likeness (QED) is 0.806. The second kappa shape index (κ2) is 7.35. The lowest BCUT2D eigenvalue weighted by Gasteiger charge is -2.32. The number of aromatic nitrogens is 5. The molecule has 126 valence electrons. The number of methoxy groups -OCH3 is 1. The molecular formula is C15H24N6OS. The van der Waals surface area contributed by atoms with Crippen LogP contribution in [0, 0.1) is 0 Å². The van der Waals surface area contributed by atoms with E-state index in [1.54, 1.807) is 7.11 Å². The minimum atomic E-state index is 0.387. The van der Waals surface area contributed by atoms with E-state index in [0.29, 0.717) is 18.6 Å². The van der Waals surface area contributed by atoms with Crippen LogP contribution in [-0.2, 0) is 11.2 Å². The first-order chi connectivity index (χ1) is 11.2. The van der Waals surface area contributed by atoms with Crippen molar-refractivity contribution >= 4 is 16.7 Å². The van der Waals surface area contributed by atoms with Gasteiger partial charge in [-0.25, -0.2) is 4.98 Å². The highest BCUT2D eigenvalue weighted by atomic mass is 32.1. The Bertz CT molecular complexity index is 625. The monoisotopic (exact) mass is 336 g/mol. The van der Waals surface area contributed by atoms with E-state index in [1.807, 2.05) is 6.33 Å². The highest BCUT2D eigenvalue weighted by Gasteiger charge is 2.27. The molecule has 7 nitrogen and oxygen atoms in total. The number of rotatable bonds is 6. The normalized spacial score (nSPS) is 18.8. The molecule has 0 aliphatic carbocycles. The fraction of sp³-hybridized carbons (Fsp3) is 0.733. The first-order valence-electron chi connectivity index (χ1n) is 8.15. The third-order valence-electron chi connectivity index (χ3n) is 4.20. The van der Waals surface area contributed by atoms with Crippen molar-refractivity contribution in [1.29, 1.82) is 0 Å². The van der Waals surface area contributed by atoms with Crippen LogP contribution in [0.25, 0.3) is 0 Å². The summed E-state index contributed by atoms with van der Waals surface area (Å²) < 4.78 is 11.7. The molecule has 0 bridgehead atoms. The number of piperidine rings is 1. The molecule has 1 atom stereocenters. The number of anilines is 1. The molecule has 2 aromatic rings. The molecule has 1 saturated heterocycles. The van der Waals surface area contributed by atoms with Gasteiger partial charge in [0, 0.05) is 50.1 Å². The topological polar surface area (TPSA) is 69.0 Å². The van der Waals surface area contributed by atoms with Crippen molar-refractivity contribution in [2.24, 2.45) is 0 Å². The summed E-state index contributed by atoms with van der Waals surface area (Å²) in [5.41, 5.74) is 0. The summed E-state index contributed by atoms with van der Waals surface area (Å²) in [5.74, 6) is 2.37. The van der Waals surface area contributed by atoms with Gasteiger partial charge in [0.05, 0.1) is 6.61 Å². The predicted molar refractivity (Wildman–Crippen MR) is 90.1 cm³/mol. The van der Waals surface area contributed by atoms with E-state index in [2.05, 4.69) is 42.9 Å². The Morgan fingerprint density at radius 1 is 1.43 bits per heavy atom. The van der Waals surface area contributed by atoms with E-state index in [4.69, 9.17) is 4.74 Å². The van der Waals surface area contributed by atoms with Crippen LogP contribution < -0.4 is 4.90 Å². The van der Waals surface area contributed by atoms with Gasteiger partial charge in [-0.1, -0.05) is 0 Å². The van der Waals surface area contributed by atoms with Gasteiger partial charge >= 0.3 is 0 Å². The SMILES string of the molecule is COCCc1nsc(N2CCCC(c3nncn3C(C)C)C2)n1. The maximum Gasteiger partial charge on any atom is 0.205 e. The minimum absolute atomic E-state index is 0.387. The molecule has 1 unspecified atom stereocenters. The van der Waals surface area contributed by atoms with Gasteiger partial charge < -0.3 is 14.2 Å². The molecule has 0 amide bonds. The predicted octanol–water partition coefficient (Wildman–Crippen LogP) is 2.28. The second-order valence-electron chi connectivity index (χ2n) is 6.21. The lowest BCUT2D eigenvalue weighted by molar-refractivity contribution is 0.201. The molecule has 23 heavy (non-hydrogen) atoms. The summed E-state index contributed by atoms with van der Waals surface area (Å²) in [6.45, 7) is 6.96. The van der Waals surface area contributed by atoms with Crippen LogP contribution in [-0.4, -0.2) is 50.9 Å². The highest BCUT2D eigenvalue weighted by molar-refractivity contribution is 7.09. The van der Waals surface area contributed by atoms with Crippen molar-refractivity contribution in [1.82, 2.24) is 24.1 Å². The van der Waals surface area contributed by atoms with Gasteiger partial charge in [-0.05, 0) is 26.7 Å². The third kappa shape index (κ3) is 3.69. The molecule has 3 heterocycles. The average molecular weight is 336 g/mol. The Hall–Kier alpha value is -1.54. The van der Waals surface area contributed by atoms with Crippen LogP contribution in [0.3, 0.4) is 0 Å². The van der Waals surface area contributed by atoms with E-state index >= 15 is 0 Å². The van der Waals surface area contributed by atoms with Crippen LogP contribution in [0.1, 0.15) is 50.3 Å². The largest absolute Gasteiger partial charge is 0.384 e. The number of ether oxygens (including phenoxy) is 1. The molecule has 0 radical (unpaired) electrons. The van der Waals surface area contributed by atoms with E-state index in [9.17, 15) is 0 Å². The van der Waals surface area contributed by atoms with E-state index in [1.165, 1.54) is 11.5 Å². The molecule has 0 spiro atoms. The van der Waals surface area contributed by atoms with Crippen LogP contribution in [0.5, 0.6) is 0 Å². The number of nitrogens with zero attached hydrogens (tertiary/aromatic N) is 6. The fourth-order valence-corrected chi connectivity index (χ4v) is 3.72. The average Bonchev–Trinajstić information content (AvgIpc) is 3.22. The maximum atomic E-state index is 5.10. The van der Waals surface area contributed by atoms with Crippen LogP contribution >= 0.6 is 11.5 Å². The molecule has 0 aromatic carbocycles. The molecular weight excluding hydrogens is 312 g/mol. The standard InChI is InChI=1S/C15H24N6OS/c1-11(2)21-10-16-18-14(21)12-5-4-7-20(9-12)15-17-13(19-23-15)6-8-22-3/h10-12H,4-9H2,1-3H3. The van der Waals surface area contributed by atoms with E-state index in [-0.39, 0.29) is 0 Å². The summed E-state index contributed by atoms with van der Waals surface area (Å²) in [4.78, 5) is 6.99. The van der Waals surface area contributed by atoms with Crippen molar-refractivity contribution in [3.05, 3.63) is 18.0 Å². The van der Waals surface area contributed by atoms with Crippen molar-refractivity contribution in [3.8, 4) is 0 Å².